The molecule has 9 nitrogen and oxygen atoms in total. The maximum Gasteiger partial charge on any atom is 0.231 e. The zero-order valence-corrected chi connectivity index (χ0v) is 15.0. The van der Waals surface area contributed by atoms with Gasteiger partial charge in [0.15, 0.2) is 11.5 Å². The Morgan fingerprint density at radius 1 is 1.23 bits per heavy atom. The van der Waals surface area contributed by atoms with E-state index in [2.05, 4.69) is 15.3 Å². The number of likely N-dealkylation sites (tertiary alicyclic amines) is 2. The predicted octanol–water partition coefficient (Wildman–Crippen LogP) is 0.317. The largest absolute Gasteiger partial charge is 0.480 e. The summed E-state index contributed by atoms with van der Waals surface area (Å²) in [5.41, 5.74) is 0.687. The van der Waals surface area contributed by atoms with Crippen LogP contribution in [0, 0.1) is 5.92 Å². The summed E-state index contributed by atoms with van der Waals surface area (Å²) in [6.45, 7) is 1.85. The Morgan fingerprint density at radius 2 is 2.00 bits per heavy atom. The van der Waals surface area contributed by atoms with Crippen molar-refractivity contribution in [3.63, 3.8) is 0 Å². The summed E-state index contributed by atoms with van der Waals surface area (Å²) in [5, 5.41) is 12.9. The standard InChI is InChI=1S/C17H22N6O3/c1-21-10-12(9-15(21)24)17(25)22-7-5-11(6-8-22)16-19-18-13-3-4-14(26-2)20-23(13)16/h3-4,11-12H,5-10H2,1-2H3. The minimum atomic E-state index is -0.205. The zero-order valence-electron chi connectivity index (χ0n) is 15.0. The Hall–Kier alpha value is -2.71. The number of hydrogen-bond donors (Lipinski definition) is 0. The summed E-state index contributed by atoms with van der Waals surface area (Å²) in [5.74, 6) is 1.45. The van der Waals surface area contributed by atoms with E-state index in [-0.39, 0.29) is 23.7 Å². The molecule has 2 aromatic rings. The van der Waals surface area contributed by atoms with Crippen molar-refractivity contribution in [2.45, 2.75) is 25.2 Å². The molecule has 0 N–H and O–H groups in total. The van der Waals surface area contributed by atoms with E-state index in [1.165, 1.54) is 0 Å². The molecule has 9 heteroatoms. The van der Waals surface area contributed by atoms with E-state index in [0.29, 0.717) is 37.6 Å². The molecular weight excluding hydrogens is 336 g/mol. The second-order valence-corrected chi connectivity index (χ2v) is 6.98. The summed E-state index contributed by atoms with van der Waals surface area (Å²) in [4.78, 5) is 27.9. The van der Waals surface area contributed by atoms with Crippen LogP contribution in [0.15, 0.2) is 12.1 Å². The molecule has 0 radical (unpaired) electrons. The first-order chi connectivity index (χ1) is 12.6. The number of piperidine rings is 1. The van der Waals surface area contributed by atoms with Crippen LogP contribution in [-0.2, 0) is 9.59 Å². The van der Waals surface area contributed by atoms with Crippen LogP contribution >= 0.6 is 0 Å². The van der Waals surface area contributed by atoms with Crippen LogP contribution in [0.1, 0.15) is 31.0 Å². The lowest BCUT2D eigenvalue weighted by Crippen LogP contribution is -2.42. The molecule has 0 spiro atoms. The fraction of sp³-hybridized carbons (Fsp3) is 0.588. The van der Waals surface area contributed by atoms with Gasteiger partial charge in [-0.3, -0.25) is 9.59 Å². The van der Waals surface area contributed by atoms with Gasteiger partial charge in [-0.25, -0.2) is 0 Å². The topological polar surface area (TPSA) is 92.9 Å². The quantitative estimate of drug-likeness (QED) is 0.784. The van der Waals surface area contributed by atoms with Crippen LogP contribution in [0.2, 0.25) is 0 Å². The minimum absolute atomic E-state index is 0.0492. The van der Waals surface area contributed by atoms with Gasteiger partial charge < -0.3 is 14.5 Å². The molecule has 0 aromatic carbocycles. The lowest BCUT2D eigenvalue weighted by Gasteiger charge is -2.32. The summed E-state index contributed by atoms with van der Waals surface area (Å²) >= 11 is 0. The van der Waals surface area contributed by atoms with E-state index >= 15 is 0 Å². The maximum absolute atomic E-state index is 12.7. The molecule has 2 aliphatic rings. The van der Waals surface area contributed by atoms with E-state index in [1.54, 1.807) is 29.6 Å². The fourth-order valence-electron chi connectivity index (χ4n) is 3.80. The van der Waals surface area contributed by atoms with Gasteiger partial charge in [-0.2, -0.15) is 4.52 Å². The molecule has 4 heterocycles. The van der Waals surface area contributed by atoms with Gasteiger partial charge in [0.25, 0.3) is 0 Å². The Balaban J connectivity index is 1.44. The molecule has 2 aliphatic heterocycles. The third-order valence-corrected chi connectivity index (χ3v) is 5.33. The Kier molecular flexibility index (Phi) is 4.21. The van der Waals surface area contributed by atoms with Gasteiger partial charge >= 0.3 is 0 Å². The highest BCUT2D eigenvalue weighted by atomic mass is 16.5. The number of hydrogen-bond acceptors (Lipinski definition) is 6. The van der Waals surface area contributed by atoms with Crippen LogP contribution in [0.3, 0.4) is 0 Å². The first-order valence-electron chi connectivity index (χ1n) is 8.86. The molecule has 0 bridgehead atoms. The van der Waals surface area contributed by atoms with Crippen LogP contribution in [0.25, 0.3) is 5.65 Å². The highest BCUT2D eigenvalue weighted by molar-refractivity contribution is 5.89. The molecule has 4 rings (SSSR count). The summed E-state index contributed by atoms with van der Waals surface area (Å²) in [7, 11) is 3.33. The fourth-order valence-corrected chi connectivity index (χ4v) is 3.80. The first-order valence-corrected chi connectivity index (χ1v) is 8.86. The lowest BCUT2D eigenvalue weighted by molar-refractivity contribution is -0.136. The normalized spacial score (nSPS) is 21.6. The van der Waals surface area contributed by atoms with Gasteiger partial charge in [0.1, 0.15) is 0 Å². The highest BCUT2D eigenvalue weighted by Crippen LogP contribution is 2.29. The third-order valence-electron chi connectivity index (χ3n) is 5.33. The van der Waals surface area contributed by atoms with Crippen molar-refractivity contribution in [2.24, 2.45) is 5.92 Å². The van der Waals surface area contributed by atoms with Crippen LogP contribution < -0.4 is 4.74 Å². The molecule has 0 aliphatic carbocycles. The summed E-state index contributed by atoms with van der Waals surface area (Å²) in [6.07, 6.45) is 1.94. The van der Waals surface area contributed by atoms with Crippen LogP contribution in [-0.4, -0.2) is 75.2 Å². The van der Waals surface area contributed by atoms with Gasteiger partial charge in [-0.15, -0.1) is 15.3 Å². The molecule has 2 fully saturated rings. The first kappa shape index (κ1) is 16.7. The van der Waals surface area contributed by atoms with Crippen molar-refractivity contribution in [1.29, 1.82) is 0 Å². The Bertz CT molecular complexity index is 842. The monoisotopic (exact) mass is 358 g/mol. The molecular formula is C17H22N6O3. The zero-order chi connectivity index (χ0) is 18.3. The number of rotatable bonds is 3. The summed E-state index contributed by atoms with van der Waals surface area (Å²) in [6, 6.07) is 3.59. The van der Waals surface area contributed by atoms with E-state index in [9.17, 15) is 9.59 Å². The lowest BCUT2D eigenvalue weighted by atomic mass is 9.95. The number of nitrogens with zero attached hydrogens (tertiary/aromatic N) is 6. The van der Waals surface area contributed by atoms with Crippen LogP contribution in [0.5, 0.6) is 5.88 Å². The smallest absolute Gasteiger partial charge is 0.231 e. The van der Waals surface area contributed by atoms with Gasteiger partial charge in [0.2, 0.25) is 17.7 Å². The second-order valence-electron chi connectivity index (χ2n) is 6.98. The molecule has 138 valence electrons. The van der Waals surface area contributed by atoms with Crippen molar-refractivity contribution < 1.29 is 14.3 Å². The number of fused-ring (bicyclic) bond motifs is 1. The van der Waals surface area contributed by atoms with Gasteiger partial charge in [-0.05, 0) is 18.9 Å². The van der Waals surface area contributed by atoms with E-state index in [1.807, 2.05) is 11.0 Å². The number of aromatic nitrogens is 4. The highest BCUT2D eigenvalue weighted by Gasteiger charge is 2.36. The van der Waals surface area contributed by atoms with Crippen LogP contribution in [0.4, 0.5) is 0 Å². The third kappa shape index (κ3) is 2.87. The number of carbonyl (C=O) groups excluding carboxylic acids is 2. The van der Waals surface area contributed by atoms with Gasteiger partial charge in [-0.1, -0.05) is 0 Å². The molecule has 0 saturated carbocycles. The van der Waals surface area contributed by atoms with Crippen molar-refractivity contribution in [3.05, 3.63) is 18.0 Å². The SMILES string of the molecule is COc1ccc2nnc(C3CCN(C(=O)C4CC(=O)N(C)C4)CC3)n2n1. The second kappa shape index (κ2) is 6.54. The average molecular weight is 358 g/mol. The molecule has 2 amide bonds. The minimum Gasteiger partial charge on any atom is -0.480 e. The molecule has 1 atom stereocenters. The van der Waals surface area contributed by atoms with Crippen molar-refractivity contribution in [1.82, 2.24) is 29.6 Å². The predicted molar refractivity (Wildman–Crippen MR) is 91.6 cm³/mol. The summed E-state index contributed by atoms with van der Waals surface area (Å²) < 4.78 is 6.91. The molecule has 2 saturated heterocycles. The molecule has 1 unspecified atom stereocenters. The number of amides is 2. The van der Waals surface area contributed by atoms with Crippen molar-refractivity contribution in [3.8, 4) is 5.88 Å². The number of methoxy groups -OCH3 is 1. The molecule has 2 aromatic heterocycles. The van der Waals surface area contributed by atoms with Crippen molar-refractivity contribution >= 4 is 17.5 Å². The van der Waals surface area contributed by atoms with Crippen molar-refractivity contribution in [2.75, 3.05) is 33.8 Å². The average Bonchev–Trinajstić information content (AvgIpc) is 3.24. The van der Waals surface area contributed by atoms with Gasteiger partial charge in [0, 0.05) is 45.1 Å². The van der Waals surface area contributed by atoms with E-state index < -0.39 is 0 Å². The van der Waals surface area contributed by atoms with Gasteiger partial charge in [0.05, 0.1) is 13.0 Å². The number of ether oxygens (including phenoxy) is 1. The Labute approximate surface area is 150 Å². The number of carbonyl (C=O) groups is 2. The molecule has 26 heavy (non-hydrogen) atoms. The Morgan fingerprint density at radius 3 is 2.65 bits per heavy atom. The van der Waals surface area contributed by atoms with E-state index in [0.717, 1.165) is 18.7 Å². The maximum atomic E-state index is 12.7. The van der Waals surface area contributed by atoms with E-state index in [4.69, 9.17) is 4.74 Å².